The zero-order valence-electron chi connectivity index (χ0n) is 15.8. The number of amides is 2. The van der Waals surface area contributed by atoms with Crippen molar-refractivity contribution in [1.29, 1.82) is 0 Å². The molecule has 2 aliphatic heterocycles. The Hall–Kier alpha value is -2.62. The van der Waals surface area contributed by atoms with E-state index >= 15 is 0 Å². The van der Waals surface area contributed by atoms with Gasteiger partial charge in [0.2, 0.25) is 5.91 Å². The lowest BCUT2D eigenvalue weighted by Gasteiger charge is -2.27. The molecule has 1 aromatic rings. The minimum atomic E-state index is -3.15. The molecule has 1 unspecified atom stereocenters. The number of hydrogen-bond donors (Lipinski definition) is 1. The molecule has 0 bridgehead atoms. The van der Waals surface area contributed by atoms with E-state index in [2.05, 4.69) is 10.4 Å². The number of nitrogens with zero attached hydrogens (tertiary/aromatic N) is 2. The molecule has 1 fully saturated rings. The van der Waals surface area contributed by atoms with Crippen molar-refractivity contribution in [3.8, 4) is 11.5 Å². The summed E-state index contributed by atoms with van der Waals surface area (Å²) in [7, 11) is -0.0642. The highest BCUT2D eigenvalue weighted by atomic mass is 32.2. The Morgan fingerprint density at radius 1 is 1.21 bits per heavy atom. The molecule has 1 N–H and O–H groups in total. The van der Waals surface area contributed by atoms with E-state index in [1.165, 1.54) is 5.01 Å². The van der Waals surface area contributed by atoms with Crippen LogP contribution in [0, 0.1) is 0 Å². The Bertz CT molecular complexity index is 890. The second-order valence-corrected chi connectivity index (χ2v) is 8.97. The van der Waals surface area contributed by atoms with Crippen molar-refractivity contribution in [3.63, 3.8) is 0 Å². The molecule has 0 radical (unpaired) electrons. The van der Waals surface area contributed by atoms with Crippen molar-refractivity contribution in [1.82, 2.24) is 10.3 Å². The summed E-state index contributed by atoms with van der Waals surface area (Å²) in [6, 6.07) is 4.80. The Labute approximate surface area is 163 Å². The first-order valence-electron chi connectivity index (χ1n) is 8.91. The van der Waals surface area contributed by atoms with Gasteiger partial charge in [0.1, 0.15) is 17.2 Å². The summed E-state index contributed by atoms with van der Waals surface area (Å²) < 4.78 is 33.8. The molecule has 2 heterocycles. The number of hydrogen-bond acceptors (Lipinski definition) is 7. The van der Waals surface area contributed by atoms with E-state index in [1.807, 2.05) is 0 Å². The number of nitrogens with one attached hydrogen (secondary N) is 1. The van der Waals surface area contributed by atoms with Crippen molar-refractivity contribution < 1.29 is 27.5 Å². The van der Waals surface area contributed by atoms with Gasteiger partial charge in [-0.25, -0.2) is 13.4 Å². The molecule has 9 nitrogen and oxygen atoms in total. The highest BCUT2D eigenvalue weighted by Gasteiger charge is 2.37. The molecule has 0 aliphatic carbocycles. The summed E-state index contributed by atoms with van der Waals surface area (Å²) in [5, 5.41) is 8.12. The maximum Gasteiger partial charge on any atom is 0.267 e. The van der Waals surface area contributed by atoms with Gasteiger partial charge in [0.15, 0.2) is 9.84 Å². The highest BCUT2D eigenvalue weighted by Crippen LogP contribution is 2.23. The number of rotatable bonds is 6. The van der Waals surface area contributed by atoms with Gasteiger partial charge in [-0.3, -0.25) is 9.59 Å². The smallest absolute Gasteiger partial charge is 0.267 e. The zero-order valence-corrected chi connectivity index (χ0v) is 16.6. The van der Waals surface area contributed by atoms with Gasteiger partial charge in [-0.1, -0.05) is 0 Å². The van der Waals surface area contributed by atoms with Crippen molar-refractivity contribution >= 4 is 27.4 Å². The lowest BCUT2D eigenvalue weighted by Crippen LogP contribution is -2.43. The predicted octanol–water partition coefficient (Wildman–Crippen LogP) is 0.486. The molecule has 1 aromatic carbocycles. The number of methoxy groups -OCH3 is 2. The van der Waals surface area contributed by atoms with Gasteiger partial charge < -0.3 is 14.8 Å². The van der Waals surface area contributed by atoms with E-state index in [0.29, 0.717) is 17.9 Å². The minimum absolute atomic E-state index is 0.0379. The number of hydrazone groups is 1. The molecule has 2 amide bonds. The van der Waals surface area contributed by atoms with E-state index in [1.54, 1.807) is 32.4 Å². The second kappa shape index (κ2) is 8.17. The van der Waals surface area contributed by atoms with Crippen molar-refractivity contribution in [2.75, 3.05) is 25.7 Å². The van der Waals surface area contributed by atoms with Crippen LogP contribution in [0.4, 0.5) is 0 Å². The molecular formula is C18H23N3O6S. The van der Waals surface area contributed by atoms with Crippen LogP contribution in [-0.2, 0) is 26.0 Å². The van der Waals surface area contributed by atoms with Crippen LogP contribution in [0.25, 0.3) is 0 Å². The average Bonchev–Trinajstić information content (AvgIpc) is 3.05. The third kappa shape index (κ3) is 4.61. The predicted molar refractivity (Wildman–Crippen MR) is 102 cm³/mol. The molecule has 28 heavy (non-hydrogen) atoms. The van der Waals surface area contributed by atoms with Gasteiger partial charge >= 0.3 is 0 Å². The molecule has 0 aromatic heterocycles. The molecule has 0 saturated carbocycles. The maximum absolute atomic E-state index is 12.5. The van der Waals surface area contributed by atoms with Crippen LogP contribution in [0.1, 0.15) is 24.8 Å². The fourth-order valence-corrected chi connectivity index (χ4v) is 4.93. The first-order chi connectivity index (χ1) is 13.3. The van der Waals surface area contributed by atoms with Crippen LogP contribution in [0.5, 0.6) is 11.5 Å². The number of sulfone groups is 1. The molecular weight excluding hydrogens is 386 g/mol. The van der Waals surface area contributed by atoms with Crippen molar-refractivity contribution in [2.24, 2.45) is 5.10 Å². The molecule has 1 atom stereocenters. The topological polar surface area (TPSA) is 114 Å². The van der Waals surface area contributed by atoms with Gasteiger partial charge in [0.05, 0.1) is 31.8 Å². The van der Waals surface area contributed by atoms with E-state index < -0.39 is 15.9 Å². The highest BCUT2D eigenvalue weighted by molar-refractivity contribution is 7.91. The summed E-state index contributed by atoms with van der Waals surface area (Å²) in [4.78, 5) is 24.7. The third-order valence-corrected chi connectivity index (χ3v) is 6.49. The number of carbonyl (C=O) groups excluding carboxylic acids is 2. The van der Waals surface area contributed by atoms with Crippen LogP contribution in [-0.4, -0.2) is 62.7 Å². The van der Waals surface area contributed by atoms with Gasteiger partial charge in [0, 0.05) is 25.5 Å². The Morgan fingerprint density at radius 2 is 1.89 bits per heavy atom. The molecule has 3 rings (SSSR count). The van der Waals surface area contributed by atoms with Crippen LogP contribution in [0.2, 0.25) is 0 Å². The maximum atomic E-state index is 12.5. The summed E-state index contributed by atoms with van der Waals surface area (Å²) in [5.74, 6) is 0.503. The van der Waals surface area contributed by atoms with E-state index in [9.17, 15) is 18.0 Å². The lowest BCUT2D eigenvalue weighted by molar-refractivity contribution is -0.133. The molecule has 0 spiro atoms. The second-order valence-electron chi connectivity index (χ2n) is 6.75. The SMILES string of the molecule is COc1cc(CNC(=O)C2=NN(C3CCS(=O)(=O)C3)C(=O)CC2)cc(OC)c1. The van der Waals surface area contributed by atoms with Gasteiger partial charge in [0.25, 0.3) is 5.91 Å². The quantitative estimate of drug-likeness (QED) is 0.731. The van der Waals surface area contributed by atoms with Crippen LogP contribution < -0.4 is 14.8 Å². The van der Waals surface area contributed by atoms with Crippen molar-refractivity contribution in [3.05, 3.63) is 23.8 Å². The zero-order chi connectivity index (χ0) is 20.3. The lowest BCUT2D eigenvalue weighted by atomic mass is 10.1. The monoisotopic (exact) mass is 409 g/mol. The number of ether oxygens (including phenoxy) is 2. The largest absolute Gasteiger partial charge is 0.497 e. The number of carbonyl (C=O) groups is 2. The summed E-state index contributed by atoms with van der Waals surface area (Å²) >= 11 is 0. The fourth-order valence-electron chi connectivity index (χ4n) is 3.24. The molecule has 152 valence electrons. The Balaban J connectivity index is 1.68. The van der Waals surface area contributed by atoms with E-state index in [4.69, 9.17) is 9.47 Å². The first-order valence-corrected chi connectivity index (χ1v) is 10.7. The van der Waals surface area contributed by atoms with Crippen LogP contribution in [0.15, 0.2) is 23.3 Å². The minimum Gasteiger partial charge on any atom is -0.497 e. The summed E-state index contributed by atoms with van der Waals surface area (Å²) in [6.45, 7) is 0.233. The van der Waals surface area contributed by atoms with Crippen LogP contribution >= 0.6 is 0 Å². The third-order valence-electron chi connectivity index (χ3n) is 4.74. The van der Waals surface area contributed by atoms with E-state index in [-0.39, 0.29) is 48.4 Å². The number of benzene rings is 1. The molecule has 10 heteroatoms. The summed E-state index contributed by atoms with van der Waals surface area (Å²) in [5.41, 5.74) is 1.01. The van der Waals surface area contributed by atoms with Crippen molar-refractivity contribution in [2.45, 2.75) is 31.8 Å². The normalized spacial score (nSPS) is 21.2. The molecule has 2 aliphatic rings. The standard InChI is InChI=1S/C18H23N3O6S/c1-26-14-7-12(8-15(9-14)27-2)10-19-18(23)16-3-4-17(22)21(20-16)13-5-6-28(24,25)11-13/h7-9,13H,3-6,10-11H2,1-2H3,(H,19,23). The first kappa shape index (κ1) is 20.1. The fraction of sp³-hybridized carbons (Fsp3) is 0.500. The average molecular weight is 409 g/mol. The molecule has 1 saturated heterocycles. The van der Waals surface area contributed by atoms with Gasteiger partial charge in [-0.05, 0) is 24.1 Å². The van der Waals surface area contributed by atoms with Gasteiger partial charge in [-0.2, -0.15) is 5.10 Å². The summed E-state index contributed by atoms with van der Waals surface area (Å²) in [6.07, 6.45) is 0.702. The Morgan fingerprint density at radius 3 is 2.46 bits per heavy atom. The van der Waals surface area contributed by atoms with Gasteiger partial charge in [-0.15, -0.1) is 0 Å². The van der Waals surface area contributed by atoms with E-state index in [0.717, 1.165) is 5.56 Å². The Kier molecular flexibility index (Phi) is 5.87. The van der Waals surface area contributed by atoms with Crippen LogP contribution in [0.3, 0.4) is 0 Å².